The molecule has 0 bridgehead atoms. The summed E-state index contributed by atoms with van der Waals surface area (Å²) in [5.41, 5.74) is 1.01. The Bertz CT molecular complexity index is 352. The molecule has 1 fully saturated rings. The fraction of sp³-hybridized carbons (Fsp3) is 0.500. The Kier molecular flexibility index (Phi) is 3.52. The molecule has 1 heterocycles. The third kappa shape index (κ3) is 2.10. The molecule has 4 heteroatoms. The molecule has 16 heavy (non-hydrogen) atoms. The fourth-order valence-electron chi connectivity index (χ4n) is 1.79. The molecule has 0 amide bonds. The lowest BCUT2D eigenvalue weighted by Gasteiger charge is -2.26. The Hall–Kier alpha value is -0.580. The van der Waals surface area contributed by atoms with E-state index < -0.39 is 5.79 Å². The number of hydrogen-bond donors (Lipinski definition) is 0. The van der Waals surface area contributed by atoms with Gasteiger partial charge in [0.25, 0.3) is 0 Å². The summed E-state index contributed by atoms with van der Waals surface area (Å²) in [5.74, 6) is 0.186. The van der Waals surface area contributed by atoms with Crippen molar-refractivity contribution in [2.24, 2.45) is 0 Å². The number of alkyl halides is 1. The average Bonchev–Trinajstić information content (AvgIpc) is 2.72. The first-order valence-electron chi connectivity index (χ1n) is 5.22. The van der Waals surface area contributed by atoms with E-state index in [9.17, 15) is 0 Å². The summed E-state index contributed by atoms with van der Waals surface area (Å²) < 4.78 is 16.7. The highest BCUT2D eigenvalue weighted by atomic mass is 79.9. The molecule has 1 unspecified atom stereocenters. The van der Waals surface area contributed by atoms with Crippen molar-refractivity contribution in [3.8, 4) is 5.75 Å². The molecule has 3 nitrogen and oxygen atoms in total. The van der Waals surface area contributed by atoms with E-state index in [4.69, 9.17) is 14.2 Å². The van der Waals surface area contributed by atoms with Crippen molar-refractivity contribution >= 4 is 15.9 Å². The van der Waals surface area contributed by atoms with Gasteiger partial charge in [0, 0.05) is 5.56 Å². The second kappa shape index (κ2) is 4.73. The molecule has 0 aliphatic carbocycles. The third-order valence-electron chi connectivity index (χ3n) is 2.65. The predicted molar refractivity (Wildman–Crippen MR) is 65.0 cm³/mol. The van der Waals surface area contributed by atoms with Crippen LogP contribution in [0.2, 0.25) is 0 Å². The van der Waals surface area contributed by atoms with Gasteiger partial charge in [-0.1, -0.05) is 15.9 Å². The van der Waals surface area contributed by atoms with Gasteiger partial charge in [-0.2, -0.15) is 0 Å². The first kappa shape index (κ1) is 11.9. The highest BCUT2D eigenvalue weighted by Crippen LogP contribution is 2.36. The van der Waals surface area contributed by atoms with Gasteiger partial charge in [-0.15, -0.1) is 0 Å². The number of benzene rings is 1. The summed E-state index contributed by atoms with van der Waals surface area (Å²) in [6, 6.07) is 7.77. The molecule has 1 aliphatic heterocycles. The van der Waals surface area contributed by atoms with Crippen LogP contribution in [0.3, 0.4) is 0 Å². The normalized spacial score (nSPS) is 29.3. The number of hydrogen-bond acceptors (Lipinski definition) is 3. The first-order valence-corrected chi connectivity index (χ1v) is 6.34. The molecule has 0 spiro atoms. The van der Waals surface area contributed by atoms with Gasteiger partial charge in [0.15, 0.2) is 0 Å². The quantitative estimate of drug-likeness (QED) is 0.800. The fourth-order valence-corrected chi connectivity index (χ4v) is 2.41. The number of methoxy groups -OCH3 is 1. The van der Waals surface area contributed by atoms with Crippen LogP contribution >= 0.6 is 15.9 Å². The summed E-state index contributed by atoms with van der Waals surface area (Å²) in [4.78, 5) is 0. The third-order valence-corrected chi connectivity index (χ3v) is 3.39. The lowest BCUT2D eigenvalue weighted by atomic mass is 10.1. The molecule has 1 aliphatic rings. The van der Waals surface area contributed by atoms with Crippen LogP contribution in [0.15, 0.2) is 24.3 Å². The van der Waals surface area contributed by atoms with E-state index in [1.54, 1.807) is 7.11 Å². The van der Waals surface area contributed by atoms with Crippen LogP contribution in [0.4, 0.5) is 0 Å². The first-order chi connectivity index (χ1) is 7.70. The van der Waals surface area contributed by atoms with E-state index in [1.807, 2.05) is 31.2 Å². The molecular formula is C12H15BrO3. The molecule has 1 saturated heterocycles. The van der Waals surface area contributed by atoms with Gasteiger partial charge in [-0.3, -0.25) is 0 Å². The van der Waals surface area contributed by atoms with E-state index >= 15 is 0 Å². The van der Waals surface area contributed by atoms with E-state index in [-0.39, 0.29) is 6.10 Å². The molecule has 88 valence electrons. The number of rotatable bonds is 3. The van der Waals surface area contributed by atoms with E-state index in [1.165, 1.54) is 0 Å². The van der Waals surface area contributed by atoms with Crippen LogP contribution in [-0.2, 0) is 15.3 Å². The zero-order chi connectivity index (χ0) is 11.6. The van der Waals surface area contributed by atoms with E-state index in [2.05, 4.69) is 15.9 Å². The molecule has 1 aromatic rings. The highest BCUT2D eigenvalue weighted by molar-refractivity contribution is 9.09. The van der Waals surface area contributed by atoms with Crippen molar-refractivity contribution in [1.29, 1.82) is 0 Å². The van der Waals surface area contributed by atoms with Crippen molar-refractivity contribution in [2.75, 3.05) is 19.0 Å². The van der Waals surface area contributed by atoms with Crippen LogP contribution in [0.1, 0.15) is 12.5 Å². The van der Waals surface area contributed by atoms with Gasteiger partial charge < -0.3 is 14.2 Å². The number of ether oxygens (including phenoxy) is 3. The topological polar surface area (TPSA) is 27.7 Å². The molecular weight excluding hydrogens is 272 g/mol. The van der Waals surface area contributed by atoms with Crippen LogP contribution in [0.5, 0.6) is 5.75 Å². The molecule has 0 N–H and O–H groups in total. The summed E-state index contributed by atoms with van der Waals surface area (Å²) in [6.45, 7) is 2.63. The Balaban J connectivity index is 2.26. The lowest BCUT2D eigenvalue weighted by molar-refractivity contribution is -0.154. The highest BCUT2D eigenvalue weighted by Gasteiger charge is 2.40. The van der Waals surface area contributed by atoms with Gasteiger partial charge in [0.2, 0.25) is 5.79 Å². The maximum atomic E-state index is 5.85. The van der Waals surface area contributed by atoms with Gasteiger partial charge in [-0.05, 0) is 31.2 Å². The minimum absolute atomic E-state index is 0.125. The monoisotopic (exact) mass is 286 g/mol. The summed E-state index contributed by atoms with van der Waals surface area (Å²) in [6.07, 6.45) is 0.125. The Morgan fingerprint density at radius 1 is 1.44 bits per heavy atom. The van der Waals surface area contributed by atoms with Crippen LogP contribution in [0, 0.1) is 0 Å². The Labute approximate surface area is 104 Å². The van der Waals surface area contributed by atoms with Crippen LogP contribution in [-0.4, -0.2) is 25.2 Å². The predicted octanol–water partition coefficient (Wildman–Crippen LogP) is 2.68. The van der Waals surface area contributed by atoms with Crippen molar-refractivity contribution in [3.05, 3.63) is 29.8 Å². The minimum atomic E-state index is -0.647. The van der Waals surface area contributed by atoms with E-state index in [0.29, 0.717) is 11.9 Å². The second-order valence-corrected chi connectivity index (χ2v) is 4.42. The summed E-state index contributed by atoms with van der Waals surface area (Å²) in [7, 11) is 1.65. The SMILES string of the molecule is COc1ccc(C2(CBr)OC[C@@H](C)O2)cc1. The molecule has 2 atom stereocenters. The molecule has 0 saturated carbocycles. The van der Waals surface area contributed by atoms with Crippen molar-refractivity contribution < 1.29 is 14.2 Å². The van der Waals surface area contributed by atoms with Gasteiger partial charge >= 0.3 is 0 Å². The maximum absolute atomic E-state index is 5.85. The van der Waals surface area contributed by atoms with Crippen molar-refractivity contribution in [2.45, 2.75) is 18.8 Å². The smallest absolute Gasteiger partial charge is 0.205 e. The summed E-state index contributed by atoms with van der Waals surface area (Å²) >= 11 is 3.45. The van der Waals surface area contributed by atoms with Crippen LogP contribution in [0.25, 0.3) is 0 Å². The van der Waals surface area contributed by atoms with Gasteiger partial charge in [0.1, 0.15) is 5.75 Å². The molecule has 0 aromatic heterocycles. The Morgan fingerprint density at radius 2 is 2.12 bits per heavy atom. The largest absolute Gasteiger partial charge is 0.497 e. The van der Waals surface area contributed by atoms with Gasteiger partial charge in [-0.25, -0.2) is 0 Å². The van der Waals surface area contributed by atoms with Crippen LogP contribution < -0.4 is 4.74 Å². The maximum Gasteiger partial charge on any atom is 0.205 e. The Morgan fingerprint density at radius 3 is 2.56 bits per heavy atom. The van der Waals surface area contributed by atoms with E-state index in [0.717, 1.165) is 11.3 Å². The summed E-state index contributed by atoms with van der Waals surface area (Å²) in [5, 5.41) is 0.622. The lowest BCUT2D eigenvalue weighted by Crippen LogP contribution is -2.29. The van der Waals surface area contributed by atoms with Gasteiger partial charge in [0.05, 0.1) is 25.2 Å². The zero-order valence-corrected chi connectivity index (χ0v) is 11.0. The zero-order valence-electron chi connectivity index (χ0n) is 9.40. The second-order valence-electron chi connectivity index (χ2n) is 3.85. The minimum Gasteiger partial charge on any atom is -0.497 e. The van der Waals surface area contributed by atoms with Crippen molar-refractivity contribution in [1.82, 2.24) is 0 Å². The molecule has 0 radical (unpaired) electrons. The molecule has 1 aromatic carbocycles. The van der Waals surface area contributed by atoms with Crippen molar-refractivity contribution in [3.63, 3.8) is 0 Å². The number of halogens is 1. The molecule has 2 rings (SSSR count). The average molecular weight is 287 g/mol. The standard InChI is InChI=1S/C12H15BrO3/c1-9-7-15-12(8-13,16-9)10-3-5-11(14-2)6-4-10/h3-6,9H,7-8H2,1-2H3/t9-,12?/m1/s1.